The van der Waals surface area contributed by atoms with E-state index in [2.05, 4.69) is 50.6 Å². The number of aromatic nitrogens is 2. The van der Waals surface area contributed by atoms with Gasteiger partial charge in [-0.15, -0.1) is 0 Å². The van der Waals surface area contributed by atoms with Gasteiger partial charge in [-0.1, -0.05) is 102 Å². The first kappa shape index (κ1) is 42.0. The maximum atomic E-state index is 14.4. The zero-order chi connectivity index (χ0) is 38.9. The molecule has 1 saturated heterocycles. The average Bonchev–Trinajstić information content (AvgIpc) is 3.58. The van der Waals surface area contributed by atoms with E-state index in [1.165, 1.54) is 0 Å². The summed E-state index contributed by atoms with van der Waals surface area (Å²) < 4.78 is 18.1. The minimum absolute atomic E-state index is 0.102. The molecule has 1 fully saturated rings. The van der Waals surface area contributed by atoms with Crippen molar-refractivity contribution in [3.63, 3.8) is 0 Å². The van der Waals surface area contributed by atoms with Gasteiger partial charge in [-0.25, -0.2) is 14.6 Å². The van der Waals surface area contributed by atoms with E-state index in [0.29, 0.717) is 18.9 Å². The quantitative estimate of drug-likeness (QED) is 0.158. The minimum atomic E-state index is -2.35. The highest BCUT2D eigenvalue weighted by atomic mass is 35.6. The van der Waals surface area contributed by atoms with E-state index in [-0.39, 0.29) is 24.0 Å². The van der Waals surface area contributed by atoms with E-state index in [0.717, 1.165) is 16.8 Å². The molecule has 1 aromatic heterocycles. The summed E-state index contributed by atoms with van der Waals surface area (Å²) in [6.07, 6.45) is 0.351. The van der Waals surface area contributed by atoms with Crippen molar-refractivity contribution in [3.05, 3.63) is 78.2 Å². The number of carbonyl (C=O) groups is 2. The molecule has 9 nitrogen and oxygen atoms in total. The van der Waals surface area contributed by atoms with E-state index in [1.54, 1.807) is 9.80 Å². The Bertz CT molecular complexity index is 1660. The number of hydrogen-bond donors (Lipinski definition) is 0. The van der Waals surface area contributed by atoms with Gasteiger partial charge in [-0.2, -0.15) is 0 Å². The monoisotopic (exact) mass is 792 g/mol. The van der Waals surface area contributed by atoms with Gasteiger partial charge in [0.25, 0.3) is 0 Å². The molecule has 1 aliphatic heterocycles. The predicted molar refractivity (Wildman–Crippen MR) is 212 cm³/mol. The Morgan fingerprint density at radius 1 is 0.885 bits per heavy atom. The van der Waals surface area contributed by atoms with Gasteiger partial charge in [0, 0.05) is 43.9 Å². The second kappa shape index (κ2) is 15.9. The fraction of sp³-hybridized carbons (Fsp3) is 0.564. The molecule has 13 heteroatoms. The number of rotatable bonds is 9. The zero-order valence-corrected chi connectivity index (χ0v) is 35.6. The van der Waals surface area contributed by atoms with Gasteiger partial charge in [0.05, 0.1) is 17.8 Å². The van der Waals surface area contributed by atoms with Crippen molar-refractivity contribution in [2.24, 2.45) is 11.3 Å². The molecule has 3 atom stereocenters. The summed E-state index contributed by atoms with van der Waals surface area (Å²) in [5.74, 6) is 0.306. The molecule has 2 amide bonds. The first-order valence-corrected chi connectivity index (χ1v) is 21.8. The maximum absolute atomic E-state index is 14.4. The molecular weight excluding hydrogens is 739 g/mol. The summed E-state index contributed by atoms with van der Waals surface area (Å²) in [6, 6.07) is 19.3. The Hall–Kier alpha value is -2.76. The van der Waals surface area contributed by atoms with Crippen LogP contribution in [0.5, 0.6) is 0 Å². The van der Waals surface area contributed by atoms with Crippen molar-refractivity contribution in [2.45, 2.75) is 109 Å². The summed E-state index contributed by atoms with van der Waals surface area (Å²) in [7, 11) is -2.35. The number of alkyl halides is 3. The maximum Gasteiger partial charge on any atom is 0.413 e. The van der Waals surface area contributed by atoms with E-state index >= 15 is 0 Å². The summed E-state index contributed by atoms with van der Waals surface area (Å²) in [5, 5.41) is -0.102. The third kappa shape index (κ3) is 11.1. The highest BCUT2D eigenvalue weighted by Crippen LogP contribution is 2.43. The molecule has 2 aromatic carbocycles. The number of benzene rings is 2. The van der Waals surface area contributed by atoms with Crippen LogP contribution in [0.25, 0.3) is 11.3 Å². The smallest absolute Gasteiger partial charge is 0.413 e. The Kier molecular flexibility index (Phi) is 12.8. The van der Waals surface area contributed by atoms with Crippen molar-refractivity contribution >= 4 is 55.3 Å². The first-order chi connectivity index (χ1) is 23.8. The largest absolute Gasteiger partial charge is 0.444 e. The Morgan fingerprint density at radius 3 is 1.98 bits per heavy atom. The normalized spacial score (nSPS) is 17.9. The zero-order valence-electron chi connectivity index (χ0n) is 32.4. The van der Waals surface area contributed by atoms with Crippen LogP contribution in [-0.2, 0) is 20.4 Å². The van der Waals surface area contributed by atoms with Crippen LogP contribution in [0.2, 0.25) is 18.1 Å². The standard InChI is InChI=1S/C39H55Cl3N4O5Si/c1-36(2,3)32(33-43-30(28-20-16-13-17-21-28)25-44(33)22-27-18-14-12-15-19-27)46(35(48)50-39(40,41)42)24-29-23-45(34(47)49-37(4,5)6)26-31(29)51-52(10,11)38(7,8)9/h12-21,25,29,31-32H,22-24,26H2,1-11H3/t29-,31+,32+/m1/s1. The Balaban J connectivity index is 1.86. The van der Waals surface area contributed by atoms with Crippen LogP contribution in [0.15, 0.2) is 66.9 Å². The summed E-state index contributed by atoms with van der Waals surface area (Å²) in [4.78, 5) is 36.4. The average molecular weight is 794 g/mol. The lowest BCUT2D eigenvalue weighted by Crippen LogP contribution is -2.50. The molecule has 0 aliphatic carbocycles. The number of imidazole rings is 1. The molecule has 52 heavy (non-hydrogen) atoms. The second-order valence-electron chi connectivity index (χ2n) is 17.3. The van der Waals surface area contributed by atoms with Gasteiger partial charge in [-0.3, -0.25) is 4.90 Å². The first-order valence-electron chi connectivity index (χ1n) is 17.7. The minimum Gasteiger partial charge on any atom is -0.444 e. The van der Waals surface area contributed by atoms with Crippen LogP contribution >= 0.6 is 34.8 Å². The van der Waals surface area contributed by atoms with Crippen LogP contribution in [0.4, 0.5) is 9.59 Å². The van der Waals surface area contributed by atoms with Crippen LogP contribution in [-0.4, -0.2) is 75.2 Å². The molecule has 2 heterocycles. The lowest BCUT2D eigenvalue weighted by atomic mass is 9.84. The van der Waals surface area contributed by atoms with Crippen LogP contribution in [0.3, 0.4) is 0 Å². The molecule has 0 bridgehead atoms. The van der Waals surface area contributed by atoms with Crippen molar-refractivity contribution in [3.8, 4) is 11.3 Å². The van der Waals surface area contributed by atoms with Crippen LogP contribution in [0, 0.1) is 11.3 Å². The molecule has 286 valence electrons. The molecule has 1 aliphatic rings. The number of carbonyl (C=O) groups excluding carboxylic acids is 2. The van der Waals surface area contributed by atoms with Gasteiger partial charge < -0.3 is 23.4 Å². The van der Waals surface area contributed by atoms with Gasteiger partial charge >= 0.3 is 16.2 Å². The number of hydrogen-bond acceptors (Lipinski definition) is 6. The van der Waals surface area contributed by atoms with Crippen LogP contribution < -0.4 is 0 Å². The molecule has 0 saturated carbocycles. The molecule has 0 radical (unpaired) electrons. The van der Waals surface area contributed by atoms with Gasteiger partial charge in [-0.05, 0) is 84.7 Å². The van der Waals surface area contributed by atoms with Crippen molar-refractivity contribution in [2.75, 3.05) is 19.6 Å². The molecule has 0 N–H and O–H groups in total. The van der Waals surface area contributed by atoms with Gasteiger partial charge in [0.1, 0.15) is 11.4 Å². The van der Waals surface area contributed by atoms with Crippen LogP contribution in [0.1, 0.15) is 79.7 Å². The Morgan fingerprint density at radius 2 is 1.46 bits per heavy atom. The topological polar surface area (TPSA) is 86.1 Å². The Labute approximate surface area is 326 Å². The van der Waals surface area contributed by atoms with E-state index < -0.39 is 47.6 Å². The molecule has 3 aromatic rings. The number of ether oxygens (including phenoxy) is 2. The fourth-order valence-electron chi connectivity index (χ4n) is 6.17. The molecular formula is C39H55Cl3N4O5Si. The second-order valence-corrected chi connectivity index (χ2v) is 24.2. The van der Waals surface area contributed by atoms with E-state index in [4.69, 9.17) is 53.7 Å². The van der Waals surface area contributed by atoms with E-state index in [9.17, 15) is 9.59 Å². The molecule has 0 spiro atoms. The lowest BCUT2D eigenvalue weighted by Gasteiger charge is -2.43. The predicted octanol–water partition coefficient (Wildman–Crippen LogP) is 10.7. The number of likely N-dealkylation sites (tertiary alicyclic amines) is 1. The number of amides is 2. The lowest BCUT2D eigenvalue weighted by molar-refractivity contribution is 0.0267. The van der Waals surface area contributed by atoms with Crippen molar-refractivity contribution in [1.82, 2.24) is 19.4 Å². The summed E-state index contributed by atoms with van der Waals surface area (Å²) in [5.41, 5.74) is 1.47. The fourth-order valence-corrected chi connectivity index (χ4v) is 7.75. The van der Waals surface area contributed by atoms with Crippen molar-refractivity contribution in [1.29, 1.82) is 0 Å². The van der Waals surface area contributed by atoms with E-state index in [1.807, 2.05) is 96.3 Å². The third-order valence-electron chi connectivity index (χ3n) is 9.60. The third-order valence-corrected chi connectivity index (χ3v) is 14.3. The highest BCUT2D eigenvalue weighted by Gasteiger charge is 2.48. The van der Waals surface area contributed by atoms with Gasteiger partial charge in [0.15, 0.2) is 8.32 Å². The molecule has 0 unspecified atom stereocenters. The SMILES string of the molecule is CC(C)(C)OC(=O)N1C[C@H](CN(C(=O)OC(Cl)(Cl)Cl)[C@@H](c2nc(-c3ccccc3)cn2Cc2ccccc2)C(C)(C)C)[C@@H](O[Si](C)(C)C(C)(C)C)C1. The summed E-state index contributed by atoms with van der Waals surface area (Å²) in [6.45, 7) is 23.7. The summed E-state index contributed by atoms with van der Waals surface area (Å²) >= 11 is 18.4. The molecule has 4 rings (SSSR count). The van der Waals surface area contributed by atoms with Crippen molar-refractivity contribution < 1.29 is 23.5 Å². The number of nitrogens with zero attached hydrogens (tertiary/aromatic N) is 4. The number of halogens is 3. The highest BCUT2D eigenvalue weighted by molar-refractivity contribution is 6.74. The van der Waals surface area contributed by atoms with Gasteiger partial charge in [0.2, 0.25) is 0 Å².